The number of hydrogen-bond donors (Lipinski definition) is 2. The summed E-state index contributed by atoms with van der Waals surface area (Å²) in [5, 5.41) is 3.64. The summed E-state index contributed by atoms with van der Waals surface area (Å²) in [6.07, 6.45) is 5.13. The zero-order chi connectivity index (χ0) is 10.3. The van der Waals surface area contributed by atoms with Gasteiger partial charge in [0.2, 0.25) is 0 Å². The summed E-state index contributed by atoms with van der Waals surface area (Å²) in [5.41, 5.74) is 9.83. The minimum absolute atomic E-state index is 0.702. The molecule has 1 aliphatic heterocycles. The van der Waals surface area contributed by atoms with E-state index in [0.29, 0.717) is 12.0 Å². The molecule has 0 aromatic heterocycles. The zero-order valence-electron chi connectivity index (χ0n) is 9.00. The first-order chi connectivity index (χ1) is 7.34. The van der Waals surface area contributed by atoms with Gasteiger partial charge in [0.25, 0.3) is 0 Å². The Morgan fingerprint density at radius 3 is 3.13 bits per heavy atom. The molecule has 3 N–H and O–H groups in total. The summed E-state index contributed by atoms with van der Waals surface area (Å²) in [5.74, 6) is 0.714. The number of hydrogen-bond acceptors (Lipinski definition) is 2. The average Bonchev–Trinajstić information content (AvgIpc) is 2.29. The van der Waals surface area contributed by atoms with Crippen molar-refractivity contribution in [2.75, 3.05) is 12.3 Å². The lowest BCUT2D eigenvalue weighted by molar-refractivity contribution is 0.319. The van der Waals surface area contributed by atoms with Crippen LogP contribution < -0.4 is 11.1 Å². The second-order valence-corrected chi connectivity index (χ2v) is 4.81. The number of nitrogen functional groups attached to an aromatic ring is 1. The van der Waals surface area contributed by atoms with Crippen LogP contribution in [0.3, 0.4) is 0 Å². The highest BCUT2D eigenvalue weighted by molar-refractivity contribution is 5.47. The molecule has 1 saturated heterocycles. The highest BCUT2D eigenvalue weighted by Crippen LogP contribution is 2.37. The van der Waals surface area contributed by atoms with Crippen molar-refractivity contribution < 1.29 is 0 Å². The quantitative estimate of drug-likeness (QED) is 0.632. The van der Waals surface area contributed by atoms with Crippen LogP contribution in [0.1, 0.15) is 36.3 Å². The fourth-order valence-electron chi connectivity index (χ4n) is 3.13. The third-order valence-corrected chi connectivity index (χ3v) is 3.88. The Morgan fingerprint density at radius 2 is 2.20 bits per heavy atom. The Morgan fingerprint density at radius 1 is 1.27 bits per heavy atom. The Labute approximate surface area is 90.9 Å². The molecule has 1 aliphatic carbocycles. The smallest absolute Gasteiger partial charge is 0.0317 e. The van der Waals surface area contributed by atoms with E-state index in [4.69, 9.17) is 5.73 Å². The standard InChI is InChI=1S/C13H18N2/c14-10-5-3-9-4-6-13-11(12(9)8-10)2-1-7-15-13/h3,5,8,11,13,15H,1-2,4,6-7,14H2/t11-,13-/m1/s1. The molecular formula is C13H18N2. The maximum atomic E-state index is 5.88. The highest BCUT2D eigenvalue weighted by atomic mass is 14.9. The molecule has 15 heavy (non-hydrogen) atoms. The van der Waals surface area contributed by atoms with Crippen molar-refractivity contribution in [2.45, 2.75) is 37.6 Å². The monoisotopic (exact) mass is 202 g/mol. The van der Waals surface area contributed by atoms with Crippen LogP contribution in [-0.2, 0) is 6.42 Å². The van der Waals surface area contributed by atoms with E-state index in [1.807, 2.05) is 6.07 Å². The zero-order valence-corrected chi connectivity index (χ0v) is 9.00. The molecule has 2 atom stereocenters. The number of fused-ring (bicyclic) bond motifs is 3. The van der Waals surface area contributed by atoms with Gasteiger partial charge in [-0.1, -0.05) is 6.07 Å². The lowest BCUT2D eigenvalue weighted by Gasteiger charge is -2.38. The molecule has 1 heterocycles. The van der Waals surface area contributed by atoms with E-state index in [-0.39, 0.29) is 0 Å². The molecule has 0 bridgehead atoms. The van der Waals surface area contributed by atoms with Crippen LogP contribution in [0.25, 0.3) is 0 Å². The Kier molecular flexibility index (Phi) is 2.17. The van der Waals surface area contributed by atoms with Crippen LogP contribution in [0.15, 0.2) is 18.2 Å². The van der Waals surface area contributed by atoms with Gasteiger partial charge in [-0.05, 0) is 61.4 Å². The molecule has 2 heteroatoms. The molecule has 1 aromatic rings. The first-order valence-electron chi connectivity index (χ1n) is 5.96. The predicted octanol–water partition coefficient (Wildman–Crippen LogP) is 2.05. The molecule has 2 aliphatic rings. The number of anilines is 1. The maximum absolute atomic E-state index is 5.88. The van der Waals surface area contributed by atoms with Gasteiger partial charge in [0.1, 0.15) is 0 Å². The van der Waals surface area contributed by atoms with Crippen molar-refractivity contribution in [3.05, 3.63) is 29.3 Å². The molecule has 3 rings (SSSR count). The first-order valence-corrected chi connectivity index (χ1v) is 5.96. The first kappa shape index (κ1) is 9.22. The SMILES string of the molecule is Nc1ccc2c(c1)[C@H]1CCCN[C@@H]1CC2. The summed E-state index contributed by atoms with van der Waals surface area (Å²) < 4.78 is 0. The van der Waals surface area contributed by atoms with Gasteiger partial charge in [0, 0.05) is 11.7 Å². The number of piperidine rings is 1. The van der Waals surface area contributed by atoms with Gasteiger partial charge in [-0.25, -0.2) is 0 Å². The van der Waals surface area contributed by atoms with E-state index in [0.717, 1.165) is 5.69 Å². The van der Waals surface area contributed by atoms with Crippen molar-refractivity contribution in [1.82, 2.24) is 5.32 Å². The van der Waals surface area contributed by atoms with Crippen molar-refractivity contribution >= 4 is 5.69 Å². The minimum Gasteiger partial charge on any atom is -0.399 e. The summed E-state index contributed by atoms with van der Waals surface area (Å²) >= 11 is 0. The summed E-state index contributed by atoms with van der Waals surface area (Å²) in [4.78, 5) is 0. The van der Waals surface area contributed by atoms with Gasteiger partial charge >= 0.3 is 0 Å². The van der Waals surface area contributed by atoms with Crippen LogP contribution in [0, 0.1) is 0 Å². The predicted molar refractivity (Wildman–Crippen MR) is 62.9 cm³/mol. The molecule has 1 fully saturated rings. The minimum atomic E-state index is 0.702. The van der Waals surface area contributed by atoms with Crippen molar-refractivity contribution in [3.8, 4) is 0 Å². The van der Waals surface area contributed by atoms with Gasteiger partial charge in [-0.2, -0.15) is 0 Å². The summed E-state index contributed by atoms with van der Waals surface area (Å²) in [6, 6.07) is 7.15. The van der Waals surface area contributed by atoms with Crippen LogP contribution in [0.5, 0.6) is 0 Å². The Hall–Kier alpha value is -1.02. The van der Waals surface area contributed by atoms with Gasteiger partial charge in [0.15, 0.2) is 0 Å². The van der Waals surface area contributed by atoms with Crippen molar-refractivity contribution in [2.24, 2.45) is 0 Å². The number of rotatable bonds is 0. The van der Waals surface area contributed by atoms with Gasteiger partial charge < -0.3 is 11.1 Å². The third kappa shape index (κ3) is 1.53. The van der Waals surface area contributed by atoms with Crippen LogP contribution in [-0.4, -0.2) is 12.6 Å². The molecule has 2 nitrogen and oxygen atoms in total. The molecule has 0 saturated carbocycles. The van der Waals surface area contributed by atoms with Crippen molar-refractivity contribution in [3.63, 3.8) is 0 Å². The van der Waals surface area contributed by atoms with E-state index in [9.17, 15) is 0 Å². The fraction of sp³-hybridized carbons (Fsp3) is 0.538. The number of benzene rings is 1. The van der Waals surface area contributed by atoms with Gasteiger partial charge in [-0.15, -0.1) is 0 Å². The van der Waals surface area contributed by atoms with Crippen LogP contribution >= 0.6 is 0 Å². The van der Waals surface area contributed by atoms with Crippen LogP contribution in [0.4, 0.5) is 5.69 Å². The van der Waals surface area contributed by atoms with Crippen molar-refractivity contribution in [1.29, 1.82) is 0 Å². The summed E-state index contributed by atoms with van der Waals surface area (Å²) in [7, 11) is 0. The fourth-order valence-corrected chi connectivity index (χ4v) is 3.13. The van der Waals surface area contributed by atoms with Crippen LogP contribution in [0.2, 0.25) is 0 Å². The van der Waals surface area contributed by atoms with E-state index in [1.54, 1.807) is 0 Å². The molecule has 0 spiro atoms. The number of nitrogens with two attached hydrogens (primary N) is 1. The molecular weight excluding hydrogens is 184 g/mol. The van der Waals surface area contributed by atoms with E-state index in [2.05, 4.69) is 17.4 Å². The topological polar surface area (TPSA) is 38.0 Å². The lowest BCUT2D eigenvalue weighted by atomic mass is 9.75. The largest absolute Gasteiger partial charge is 0.399 e. The Balaban J connectivity index is 2.01. The van der Waals surface area contributed by atoms with Gasteiger partial charge in [0.05, 0.1) is 0 Å². The normalized spacial score (nSPS) is 29.3. The lowest BCUT2D eigenvalue weighted by Crippen LogP contribution is -2.42. The number of nitrogens with one attached hydrogen (secondary N) is 1. The van der Waals surface area contributed by atoms with Gasteiger partial charge in [-0.3, -0.25) is 0 Å². The van der Waals surface area contributed by atoms with E-state index in [1.165, 1.54) is 43.4 Å². The third-order valence-electron chi connectivity index (χ3n) is 3.88. The number of aryl methyl sites for hydroxylation is 1. The summed E-state index contributed by atoms with van der Waals surface area (Å²) in [6.45, 7) is 1.19. The molecule has 0 radical (unpaired) electrons. The van der Waals surface area contributed by atoms with E-state index < -0.39 is 0 Å². The average molecular weight is 202 g/mol. The highest BCUT2D eigenvalue weighted by Gasteiger charge is 2.31. The molecule has 80 valence electrons. The Bertz CT molecular complexity index is 373. The molecule has 0 unspecified atom stereocenters. The maximum Gasteiger partial charge on any atom is 0.0317 e. The van der Waals surface area contributed by atoms with E-state index >= 15 is 0 Å². The second kappa shape index (κ2) is 3.53. The molecule has 1 aromatic carbocycles. The second-order valence-electron chi connectivity index (χ2n) is 4.81. The molecule has 0 amide bonds.